The maximum absolute atomic E-state index is 11.4. The Bertz CT molecular complexity index is 681. The lowest BCUT2D eigenvalue weighted by Gasteiger charge is -2.11. The molecule has 0 heterocycles. The van der Waals surface area contributed by atoms with Gasteiger partial charge in [-0.1, -0.05) is 24.3 Å². The maximum atomic E-state index is 11.4. The third kappa shape index (κ3) is 1.99. The van der Waals surface area contributed by atoms with Crippen molar-refractivity contribution < 1.29 is 4.79 Å². The van der Waals surface area contributed by atoms with E-state index in [4.69, 9.17) is 12.8 Å². The molecule has 1 heteroatoms. The fourth-order valence-electron chi connectivity index (χ4n) is 2.19. The predicted molar refractivity (Wildman–Crippen MR) is 74.4 cm³/mol. The van der Waals surface area contributed by atoms with Crippen molar-refractivity contribution >= 4 is 17.1 Å². The van der Waals surface area contributed by atoms with Crippen LogP contribution in [0.5, 0.6) is 0 Å². The second kappa shape index (κ2) is 5.21. The molecule has 0 saturated carbocycles. The molecule has 0 spiro atoms. The molecule has 1 nitrogen and oxygen atoms in total. The molecule has 2 aromatic rings. The first kappa shape index (κ1) is 12.0. The van der Waals surface area contributed by atoms with Gasteiger partial charge >= 0.3 is 0 Å². The minimum Gasteiger partial charge on any atom is -0.298 e. The zero-order chi connectivity index (χ0) is 13.0. The highest BCUT2D eigenvalue weighted by atomic mass is 16.1. The largest absolute Gasteiger partial charge is 0.298 e. The summed E-state index contributed by atoms with van der Waals surface area (Å²) < 4.78 is 0. The van der Waals surface area contributed by atoms with Crippen molar-refractivity contribution in [3.63, 3.8) is 0 Å². The van der Waals surface area contributed by atoms with E-state index in [1.54, 1.807) is 0 Å². The van der Waals surface area contributed by atoms with E-state index in [1.165, 1.54) is 0 Å². The first-order chi connectivity index (χ1) is 8.81. The Morgan fingerprint density at radius 3 is 2.50 bits per heavy atom. The number of hydrogen-bond donors (Lipinski definition) is 0. The van der Waals surface area contributed by atoms with Gasteiger partial charge in [-0.05, 0) is 28.0 Å². The molecule has 2 rings (SSSR count). The summed E-state index contributed by atoms with van der Waals surface area (Å²) >= 11 is 0. The standard InChI is InChI=1S/C17H12O/c1-3-7-13-11-14-9-5-6-10-16(14)17(12-18)15(13)8-4-2/h1-2,5-6,9-12H,7-8H2. The van der Waals surface area contributed by atoms with Gasteiger partial charge in [0.25, 0.3) is 0 Å². The Kier molecular flexibility index (Phi) is 3.46. The number of carbonyl (C=O) groups is 1. The maximum Gasteiger partial charge on any atom is 0.150 e. The molecule has 0 aliphatic carbocycles. The van der Waals surface area contributed by atoms with Gasteiger partial charge in [0.05, 0.1) is 0 Å². The minimum absolute atomic E-state index is 0.427. The van der Waals surface area contributed by atoms with Crippen LogP contribution in [0.1, 0.15) is 21.5 Å². The summed E-state index contributed by atoms with van der Waals surface area (Å²) in [6.45, 7) is 0. The van der Waals surface area contributed by atoms with Crippen molar-refractivity contribution in [2.75, 3.05) is 0 Å². The molecule has 0 amide bonds. The molecule has 86 valence electrons. The topological polar surface area (TPSA) is 17.1 Å². The highest BCUT2D eigenvalue weighted by Crippen LogP contribution is 2.25. The molecule has 0 N–H and O–H groups in total. The molecule has 0 bridgehead atoms. The average molecular weight is 232 g/mol. The van der Waals surface area contributed by atoms with Crippen molar-refractivity contribution in [1.29, 1.82) is 0 Å². The lowest BCUT2D eigenvalue weighted by atomic mass is 9.91. The first-order valence-corrected chi connectivity index (χ1v) is 5.67. The van der Waals surface area contributed by atoms with Gasteiger partial charge in [0.2, 0.25) is 0 Å². The average Bonchev–Trinajstić information content (AvgIpc) is 2.40. The summed E-state index contributed by atoms with van der Waals surface area (Å²) in [4.78, 5) is 11.4. The van der Waals surface area contributed by atoms with Gasteiger partial charge in [0.15, 0.2) is 6.29 Å². The summed E-state index contributed by atoms with van der Waals surface area (Å²) in [5.41, 5.74) is 2.51. The zero-order valence-electron chi connectivity index (χ0n) is 9.94. The lowest BCUT2D eigenvalue weighted by Crippen LogP contribution is -2.00. The molecular formula is C17H12O. The van der Waals surface area contributed by atoms with Crippen molar-refractivity contribution in [3.8, 4) is 24.7 Å². The molecule has 0 saturated heterocycles. The van der Waals surface area contributed by atoms with Crippen molar-refractivity contribution in [3.05, 3.63) is 47.0 Å². The Morgan fingerprint density at radius 2 is 1.83 bits per heavy atom. The molecule has 0 atom stereocenters. The second-order valence-corrected chi connectivity index (χ2v) is 4.03. The molecule has 0 aliphatic rings. The monoisotopic (exact) mass is 232 g/mol. The van der Waals surface area contributed by atoms with Crippen molar-refractivity contribution in [2.24, 2.45) is 0 Å². The van der Waals surface area contributed by atoms with Crippen LogP contribution in [0, 0.1) is 24.7 Å². The van der Waals surface area contributed by atoms with Crippen molar-refractivity contribution in [1.82, 2.24) is 0 Å². The molecule has 18 heavy (non-hydrogen) atoms. The quantitative estimate of drug-likeness (QED) is 0.587. The van der Waals surface area contributed by atoms with Gasteiger partial charge in [-0.25, -0.2) is 0 Å². The summed E-state index contributed by atoms with van der Waals surface area (Å²) in [7, 11) is 0. The highest BCUT2D eigenvalue weighted by Gasteiger charge is 2.11. The van der Waals surface area contributed by atoms with Crippen LogP contribution in [0.4, 0.5) is 0 Å². The van der Waals surface area contributed by atoms with E-state index in [0.29, 0.717) is 18.4 Å². The third-order valence-corrected chi connectivity index (χ3v) is 2.98. The second-order valence-electron chi connectivity index (χ2n) is 4.03. The van der Waals surface area contributed by atoms with E-state index < -0.39 is 0 Å². The number of rotatable bonds is 3. The van der Waals surface area contributed by atoms with E-state index in [2.05, 4.69) is 11.8 Å². The number of carbonyl (C=O) groups excluding carboxylic acids is 1. The van der Waals surface area contributed by atoms with Crippen LogP contribution in [0.2, 0.25) is 0 Å². The SMILES string of the molecule is C#CCc1cc2ccccc2c(C=O)c1CC#C. The fraction of sp³-hybridized carbons (Fsp3) is 0.118. The van der Waals surface area contributed by atoms with Crippen LogP contribution in [-0.2, 0) is 12.8 Å². The van der Waals surface area contributed by atoms with E-state index in [1.807, 2.05) is 30.3 Å². The van der Waals surface area contributed by atoms with Crippen LogP contribution in [0.25, 0.3) is 10.8 Å². The number of hydrogen-bond acceptors (Lipinski definition) is 1. The van der Waals surface area contributed by atoms with E-state index in [-0.39, 0.29) is 0 Å². The van der Waals surface area contributed by atoms with Gasteiger partial charge in [-0.2, -0.15) is 0 Å². The van der Waals surface area contributed by atoms with E-state index in [9.17, 15) is 4.79 Å². The van der Waals surface area contributed by atoms with Crippen LogP contribution < -0.4 is 0 Å². The Morgan fingerprint density at radius 1 is 1.11 bits per heavy atom. The summed E-state index contributed by atoms with van der Waals surface area (Å²) in [5.74, 6) is 5.21. The van der Waals surface area contributed by atoms with Gasteiger partial charge in [0.1, 0.15) is 0 Å². The Hall–Kier alpha value is -2.51. The van der Waals surface area contributed by atoms with E-state index >= 15 is 0 Å². The first-order valence-electron chi connectivity index (χ1n) is 5.67. The normalized spacial score (nSPS) is 9.67. The third-order valence-electron chi connectivity index (χ3n) is 2.98. The molecule has 0 radical (unpaired) electrons. The lowest BCUT2D eigenvalue weighted by molar-refractivity contribution is 0.112. The number of aldehydes is 1. The predicted octanol–water partition coefficient (Wildman–Crippen LogP) is 3.00. The molecular weight excluding hydrogens is 220 g/mol. The number of benzene rings is 2. The van der Waals surface area contributed by atoms with Crippen LogP contribution in [-0.4, -0.2) is 6.29 Å². The zero-order valence-corrected chi connectivity index (χ0v) is 9.94. The van der Waals surface area contributed by atoms with Gasteiger partial charge < -0.3 is 0 Å². The number of terminal acetylenes is 2. The van der Waals surface area contributed by atoms with Crippen LogP contribution in [0.3, 0.4) is 0 Å². The molecule has 2 aromatic carbocycles. The van der Waals surface area contributed by atoms with E-state index in [0.717, 1.165) is 28.2 Å². The van der Waals surface area contributed by atoms with Gasteiger partial charge in [0, 0.05) is 18.4 Å². The Balaban J connectivity index is 2.83. The molecule has 0 aliphatic heterocycles. The fourth-order valence-corrected chi connectivity index (χ4v) is 2.19. The van der Waals surface area contributed by atoms with Crippen molar-refractivity contribution in [2.45, 2.75) is 12.8 Å². The molecule has 0 aromatic heterocycles. The highest BCUT2D eigenvalue weighted by molar-refractivity contribution is 6.00. The molecule has 0 fully saturated rings. The molecule has 0 unspecified atom stereocenters. The Labute approximate surface area is 107 Å². The van der Waals surface area contributed by atoms with Gasteiger partial charge in [-0.15, -0.1) is 24.7 Å². The van der Waals surface area contributed by atoms with Crippen LogP contribution in [0.15, 0.2) is 30.3 Å². The van der Waals surface area contributed by atoms with Crippen LogP contribution >= 0.6 is 0 Å². The minimum atomic E-state index is 0.427. The summed E-state index contributed by atoms with van der Waals surface area (Å²) in [5, 5.41) is 1.95. The summed E-state index contributed by atoms with van der Waals surface area (Å²) in [6, 6.07) is 9.78. The number of fused-ring (bicyclic) bond motifs is 1. The van der Waals surface area contributed by atoms with Gasteiger partial charge in [-0.3, -0.25) is 4.79 Å². The smallest absolute Gasteiger partial charge is 0.150 e. The summed E-state index contributed by atoms with van der Waals surface area (Å²) in [6.07, 6.45) is 12.5.